The second-order valence-electron chi connectivity index (χ2n) is 3.44. The van der Waals surface area contributed by atoms with E-state index in [2.05, 4.69) is 20.5 Å². The van der Waals surface area contributed by atoms with E-state index in [1.165, 1.54) is 17.5 Å². The molecule has 0 saturated heterocycles. The molecule has 2 N–H and O–H groups in total. The zero-order chi connectivity index (χ0) is 11.7. The van der Waals surface area contributed by atoms with Crippen LogP contribution in [0.25, 0.3) is 10.9 Å². The number of rotatable bonds is 2. The van der Waals surface area contributed by atoms with Crippen molar-refractivity contribution in [1.82, 2.24) is 15.2 Å². The molecule has 0 aliphatic carbocycles. The Morgan fingerprint density at radius 2 is 2.24 bits per heavy atom. The fraction of sp³-hybridized carbons (Fsp3) is 0. The fourth-order valence-corrected chi connectivity index (χ4v) is 2.07. The first kappa shape index (κ1) is 9.98. The fourth-order valence-electron chi connectivity index (χ4n) is 1.56. The molecule has 84 valence electrons. The van der Waals surface area contributed by atoms with Crippen molar-refractivity contribution in [2.45, 2.75) is 0 Å². The summed E-state index contributed by atoms with van der Waals surface area (Å²) in [5.74, 6) is 0.351. The molecule has 0 spiro atoms. The number of aromatic nitrogens is 3. The molecule has 0 atom stereocenters. The van der Waals surface area contributed by atoms with Crippen LogP contribution in [0.2, 0.25) is 0 Å². The molecule has 17 heavy (non-hydrogen) atoms. The van der Waals surface area contributed by atoms with E-state index in [-0.39, 0.29) is 5.91 Å². The van der Waals surface area contributed by atoms with E-state index in [0.29, 0.717) is 10.7 Å². The topological polar surface area (TPSA) is 70.7 Å². The van der Waals surface area contributed by atoms with E-state index >= 15 is 0 Å². The normalized spacial score (nSPS) is 10.6. The summed E-state index contributed by atoms with van der Waals surface area (Å²) in [6.45, 7) is 0. The standard InChI is InChI=1S/C11H8N4OS/c16-11(9-5-12-6-17-9)13-10-7-3-1-2-4-8(7)14-15-10/h1-6H,(H2,13,14,15,16). The van der Waals surface area contributed by atoms with Crippen LogP contribution in [0.4, 0.5) is 5.82 Å². The van der Waals surface area contributed by atoms with Crippen LogP contribution in [0.15, 0.2) is 36.0 Å². The Morgan fingerprint density at radius 1 is 1.35 bits per heavy atom. The van der Waals surface area contributed by atoms with Gasteiger partial charge in [-0.05, 0) is 12.1 Å². The Kier molecular flexibility index (Phi) is 2.34. The van der Waals surface area contributed by atoms with Gasteiger partial charge in [-0.3, -0.25) is 14.9 Å². The predicted octanol–water partition coefficient (Wildman–Crippen LogP) is 2.27. The third-order valence-electron chi connectivity index (χ3n) is 2.36. The van der Waals surface area contributed by atoms with Crippen LogP contribution in [-0.4, -0.2) is 21.1 Å². The molecular weight excluding hydrogens is 236 g/mol. The SMILES string of the molecule is O=C(Nc1n[nH]c2ccccc12)c1cncs1. The van der Waals surface area contributed by atoms with E-state index < -0.39 is 0 Å². The minimum absolute atomic E-state index is 0.190. The number of para-hydroxylation sites is 1. The van der Waals surface area contributed by atoms with Crippen molar-refractivity contribution in [3.8, 4) is 0 Å². The van der Waals surface area contributed by atoms with Gasteiger partial charge in [-0.25, -0.2) is 0 Å². The van der Waals surface area contributed by atoms with Gasteiger partial charge in [0.15, 0.2) is 5.82 Å². The summed E-state index contributed by atoms with van der Waals surface area (Å²) in [7, 11) is 0. The van der Waals surface area contributed by atoms with Gasteiger partial charge in [0.25, 0.3) is 5.91 Å². The van der Waals surface area contributed by atoms with Gasteiger partial charge in [-0.15, -0.1) is 11.3 Å². The highest BCUT2D eigenvalue weighted by atomic mass is 32.1. The minimum atomic E-state index is -0.190. The molecule has 0 bridgehead atoms. The third kappa shape index (κ3) is 1.78. The van der Waals surface area contributed by atoms with Crippen molar-refractivity contribution in [3.63, 3.8) is 0 Å². The number of anilines is 1. The number of carbonyl (C=O) groups excluding carboxylic acids is 1. The monoisotopic (exact) mass is 244 g/mol. The highest BCUT2D eigenvalue weighted by molar-refractivity contribution is 7.11. The number of hydrogen-bond acceptors (Lipinski definition) is 4. The van der Waals surface area contributed by atoms with E-state index in [9.17, 15) is 4.79 Å². The van der Waals surface area contributed by atoms with Gasteiger partial charge in [-0.2, -0.15) is 5.10 Å². The summed E-state index contributed by atoms with van der Waals surface area (Å²) in [6.07, 6.45) is 1.54. The maximum Gasteiger partial charge on any atom is 0.268 e. The number of hydrogen-bond donors (Lipinski definition) is 2. The summed E-state index contributed by atoms with van der Waals surface area (Å²) >= 11 is 1.30. The van der Waals surface area contributed by atoms with Gasteiger partial charge in [0.1, 0.15) is 4.88 Å². The lowest BCUT2D eigenvalue weighted by molar-refractivity contribution is 0.103. The average molecular weight is 244 g/mol. The summed E-state index contributed by atoms with van der Waals surface area (Å²) in [4.78, 5) is 16.3. The maximum absolute atomic E-state index is 11.8. The zero-order valence-electron chi connectivity index (χ0n) is 8.68. The van der Waals surface area contributed by atoms with Gasteiger partial charge in [0.2, 0.25) is 0 Å². The lowest BCUT2D eigenvalue weighted by atomic mass is 10.2. The molecule has 3 rings (SSSR count). The van der Waals surface area contributed by atoms with E-state index in [0.717, 1.165) is 10.9 Å². The third-order valence-corrected chi connectivity index (χ3v) is 3.13. The largest absolute Gasteiger partial charge is 0.304 e. The molecule has 6 heteroatoms. The van der Waals surface area contributed by atoms with Crippen LogP contribution in [-0.2, 0) is 0 Å². The number of aromatic amines is 1. The highest BCUT2D eigenvalue weighted by Gasteiger charge is 2.11. The Hall–Kier alpha value is -2.21. The maximum atomic E-state index is 11.8. The van der Waals surface area contributed by atoms with Gasteiger partial charge >= 0.3 is 0 Å². The number of amides is 1. The van der Waals surface area contributed by atoms with E-state index in [1.54, 1.807) is 5.51 Å². The van der Waals surface area contributed by atoms with Crippen LogP contribution >= 0.6 is 11.3 Å². The van der Waals surface area contributed by atoms with Crippen molar-refractivity contribution in [1.29, 1.82) is 0 Å². The molecule has 0 radical (unpaired) electrons. The quantitative estimate of drug-likeness (QED) is 0.726. The second-order valence-corrected chi connectivity index (χ2v) is 4.32. The number of benzene rings is 1. The second kappa shape index (κ2) is 3.99. The summed E-state index contributed by atoms with van der Waals surface area (Å²) < 4.78 is 0. The number of nitrogens with one attached hydrogen (secondary N) is 2. The van der Waals surface area contributed by atoms with Crippen molar-refractivity contribution in [3.05, 3.63) is 40.8 Å². The first-order chi connectivity index (χ1) is 8.34. The Bertz CT molecular complexity index is 659. The van der Waals surface area contributed by atoms with E-state index in [4.69, 9.17) is 0 Å². The number of H-pyrrole nitrogens is 1. The van der Waals surface area contributed by atoms with Crippen LogP contribution in [0.1, 0.15) is 9.67 Å². The highest BCUT2D eigenvalue weighted by Crippen LogP contribution is 2.20. The molecule has 5 nitrogen and oxygen atoms in total. The predicted molar refractivity (Wildman–Crippen MR) is 66.2 cm³/mol. The van der Waals surface area contributed by atoms with Crippen molar-refractivity contribution >= 4 is 34.0 Å². The smallest absolute Gasteiger partial charge is 0.268 e. The summed E-state index contributed by atoms with van der Waals surface area (Å²) in [5, 5.41) is 10.6. The number of nitrogens with zero attached hydrogens (tertiary/aromatic N) is 2. The molecule has 0 saturated carbocycles. The molecule has 3 aromatic rings. The molecule has 0 aliphatic heterocycles. The Labute approximate surface area is 101 Å². The van der Waals surface area contributed by atoms with Crippen LogP contribution in [0.3, 0.4) is 0 Å². The van der Waals surface area contributed by atoms with Crippen molar-refractivity contribution in [2.75, 3.05) is 5.32 Å². The Balaban J connectivity index is 1.93. The van der Waals surface area contributed by atoms with Gasteiger partial charge < -0.3 is 5.32 Å². The van der Waals surface area contributed by atoms with E-state index in [1.807, 2.05) is 24.3 Å². The van der Waals surface area contributed by atoms with Crippen LogP contribution in [0.5, 0.6) is 0 Å². The van der Waals surface area contributed by atoms with Crippen LogP contribution < -0.4 is 5.32 Å². The summed E-state index contributed by atoms with van der Waals surface area (Å²) in [5.41, 5.74) is 2.52. The number of thiazole rings is 1. The van der Waals surface area contributed by atoms with Gasteiger partial charge in [0.05, 0.1) is 17.2 Å². The molecule has 2 heterocycles. The summed E-state index contributed by atoms with van der Waals surface area (Å²) in [6, 6.07) is 7.63. The molecule has 1 amide bonds. The molecule has 0 unspecified atom stereocenters. The van der Waals surface area contributed by atoms with Gasteiger partial charge in [0, 0.05) is 5.39 Å². The lowest BCUT2D eigenvalue weighted by Gasteiger charge is -1.98. The number of fused-ring (bicyclic) bond motifs is 1. The zero-order valence-corrected chi connectivity index (χ0v) is 9.49. The van der Waals surface area contributed by atoms with Crippen LogP contribution in [0, 0.1) is 0 Å². The molecule has 1 aromatic carbocycles. The molecular formula is C11H8N4OS. The molecule has 0 fully saturated rings. The first-order valence-electron chi connectivity index (χ1n) is 4.97. The molecule has 0 aliphatic rings. The lowest BCUT2D eigenvalue weighted by Crippen LogP contribution is -2.10. The van der Waals surface area contributed by atoms with Crippen molar-refractivity contribution in [2.24, 2.45) is 0 Å². The average Bonchev–Trinajstić information content (AvgIpc) is 2.98. The Morgan fingerprint density at radius 3 is 3.06 bits per heavy atom. The van der Waals surface area contributed by atoms with Gasteiger partial charge in [-0.1, -0.05) is 12.1 Å². The number of carbonyl (C=O) groups is 1. The first-order valence-corrected chi connectivity index (χ1v) is 5.85. The molecule has 2 aromatic heterocycles. The van der Waals surface area contributed by atoms with Crippen molar-refractivity contribution < 1.29 is 4.79 Å². The minimum Gasteiger partial charge on any atom is -0.304 e.